The molecule has 1 atom stereocenters. The van der Waals surface area contributed by atoms with Crippen molar-refractivity contribution in [1.29, 1.82) is 0 Å². The molecule has 0 aliphatic carbocycles. The monoisotopic (exact) mass is 273 g/mol. The van der Waals surface area contributed by atoms with Crippen LogP contribution in [-0.2, 0) is 6.61 Å². The van der Waals surface area contributed by atoms with Crippen molar-refractivity contribution in [1.82, 2.24) is 9.78 Å². The topological polar surface area (TPSA) is 53.1 Å². The van der Waals surface area contributed by atoms with Gasteiger partial charge in [0.05, 0.1) is 5.69 Å². The van der Waals surface area contributed by atoms with E-state index in [1.165, 1.54) is 0 Å². The first-order valence-corrected chi connectivity index (χ1v) is 7.04. The summed E-state index contributed by atoms with van der Waals surface area (Å²) in [7, 11) is 0. The zero-order valence-electron chi connectivity index (χ0n) is 12.7. The summed E-state index contributed by atoms with van der Waals surface area (Å²) in [6.07, 6.45) is 3.08. The highest BCUT2D eigenvalue weighted by Crippen LogP contribution is 2.25. The maximum absolute atomic E-state index is 5.88. The van der Waals surface area contributed by atoms with Crippen LogP contribution in [-0.4, -0.2) is 9.78 Å². The molecule has 2 N–H and O–H groups in total. The molecule has 0 fully saturated rings. The van der Waals surface area contributed by atoms with Crippen molar-refractivity contribution < 1.29 is 4.74 Å². The summed E-state index contributed by atoms with van der Waals surface area (Å²) in [5.41, 5.74) is 9.71. The smallest absolute Gasteiger partial charge is 0.132 e. The fourth-order valence-corrected chi connectivity index (χ4v) is 2.01. The van der Waals surface area contributed by atoms with Crippen molar-refractivity contribution >= 4 is 5.69 Å². The van der Waals surface area contributed by atoms with E-state index in [1.54, 1.807) is 0 Å². The number of hydrogen-bond acceptors (Lipinski definition) is 3. The van der Waals surface area contributed by atoms with Gasteiger partial charge in [-0.2, -0.15) is 5.10 Å². The van der Waals surface area contributed by atoms with E-state index in [0.717, 1.165) is 34.7 Å². The van der Waals surface area contributed by atoms with E-state index in [4.69, 9.17) is 10.5 Å². The first-order chi connectivity index (χ1) is 9.51. The Morgan fingerprint density at radius 3 is 2.75 bits per heavy atom. The van der Waals surface area contributed by atoms with Gasteiger partial charge in [-0.05, 0) is 56.5 Å². The van der Waals surface area contributed by atoms with E-state index >= 15 is 0 Å². The molecule has 1 heterocycles. The maximum Gasteiger partial charge on any atom is 0.132 e. The van der Waals surface area contributed by atoms with E-state index in [9.17, 15) is 0 Å². The lowest BCUT2D eigenvalue weighted by Crippen LogP contribution is -2.06. The average molecular weight is 273 g/mol. The van der Waals surface area contributed by atoms with Crippen LogP contribution in [0.4, 0.5) is 5.69 Å². The van der Waals surface area contributed by atoms with Crippen LogP contribution in [0.25, 0.3) is 0 Å². The summed E-state index contributed by atoms with van der Waals surface area (Å²) in [6, 6.07) is 6.36. The highest BCUT2D eigenvalue weighted by Gasteiger charge is 2.07. The van der Waals surface area contributed by atoms with Crippen molar-refractivity contribution in [2.45, 2.75) is 46.8 Å². The fourth-order valence-electron chi connectivity index (χ4n) is 2.01. The molecular weight excluding hydrogens is 250 g/mol. The van der Waals surface area contributed by atoms with Gasteiger partial charge in [-0.1, -0.05) is 6.92 Å². The summed E-state index contributed by atoms with van der Waals surface area (Å²) in [5, 5.41) is 4.53. The molecule has 4 nitrogen and oxygen atoms in total. The van der Waals surface area contributed by atoms with Gasteiger partial charge in [0.25, 0.3) is 0 Å². The van der Waals surface area contributed by atoms with E-state index in [2.05, 4.69) is 18.9 Å². The number of nitrogens with zero attached hydrogens (tertiary/aromatic N) is 2. The van der Waals surface area contributed by atoms with E-state index < -0.39 is 0 Å². The first kappa shape index (κ1) is 14.4. The molecule has 0 amide bonds. The lowest BCUT2D eigenvalue weighted by atomic mass is 10.1. The number of nitrogens with two attached hydrogens (primary N) is 1. The van der Waals surface area contributed by atoms with Gasteiger partial charge in [-0.15, -0.1) is 0 Å². The van der Waals surface area contributed by atoms with Crippen molar-refractivity contribution in [3.63, 3.8) is 0 Å². The molecule has 1 aromatic carbocycles. The number of hydrogen-bond donors (Lipinski definition) is 1. The molecular formula is C16H23N3O. The second-order valence-corrected chi connectivity index (χ2v) is 5.31. The third kappa shape index (κ3) is 3.13. The molecule has 0 bridgehead atoms. The molecule has 0 radical (unpaired) electrons. The Morgan fingerprint density at radius 1 is 1.30 bits per heavy atom. The SMILES string of the molecule is CCC(C)n1ccc(COc2cc(C)c(N)cc2C)n1. The Morgan fingerprint density at radius 2 is 2.05 bits per heavy atom. The largest absolute Gasteiger partial charge is 0.487 e. The molecule has 0 spiro atoms. The Hall–Kier alpha value is -1.97. The number of aryl methyl sites for hydroxylation is 2. The highest BCUT2D eigenvalue weighted by atomic mass is 16.5. The minimum absolute atomic E-state index is 0.421. The van der Waals surface area contributed by atoms with Crippen LogP contribution in [0.3, 0.4) is 0 Å². The van der Waals surface area contributed by atoms with Crippen LogP contribution in [0.2, 0.25) is 0 Å². The molecule has 108 valence electrons. The number of rotatable bonds is 5. The summed E-state index contributed by atoms with van der Waals surface area (Å²) < 4.78 is 7.84. The zero-order chi connectivity index (χ0) is 14.7. The minimum atomic E-state index is 0.421. The number of anilines is 1. The minimum Gasteiger partial charge on any atom is -0.487 e. The van der Waals surface area contributed by atoms with Crippen LogP contribution in [0.1, 0.15) is 43.1 Å². The Kier molecular flexibility index (Phi) is 4.32. The van der Waals surface area contributed by atoms with Gasteiger partial charge in [-0.3, -0.25) is 4.68 Å². The molecule has 0 saturated carbocycles. The van der Waals surface area contributed by atoms with Crippen molar-refractivity contribution in [2.75, 3.05) is 5.73 Å². The molecule has 4 heteroatoms. The van der Waals surface area contributed by atoms with Gasteiger partial charge in [0.2, 0.25) is 0 Å². The molecule has 1 aromatic heterocycles. The molecule has 2 rings (SSSR count). The van der Waals surface area contributed by atoms with E-state index in [0.29, 0.717) is 12.6 Å². The summed E-state index contributed by atoms with van der Waals surface area (Å²) >= 11 is 0. The molecule has 0 aliphatic rings. The summed E-state index contributed by atoms with van der Waals surface area (Å²) in [5.74, 6) is 0.870. The van der Waals surface area contributed by atoms with Gasteiger partial charge in [0.1, 0.15) is 12.4 Å². The second-order valence-electron chi connectivity index (χ2n) is 5.31. The van der Waals surface area contributed by atoms with Crippen molar-refractivity contribution in [2.24, 2.45) is 0 Å². The quantitative estimate of drug-likeness (QED) is 0.846. The second kappa shape index (κ2) is 5.99. The third-order valence-electron chi connectivity index (χ3n) is 3.65. The lowest BCUT2D eigenvalue weighted by Gasteiger charge is -2.11. The van der Waals surface area contributed by atoms with E-state index in [-0.39, 0.29) is 0 Å². The van der Waals surface area contributed by atoms with Gasteiger partial charge in [0.15, 0.2) is 0 Å². The Labute approximate surface area is 120 Å². The highest BCUT2D eigenvalue weighted by molar-refractivity contribution is 5.53. The van der Waals surface area contributed by atoms with E-state index in [1.807, 2.05) is 42.9 Å². The molecule has 2 aromatic rings. The molecule has 20 heavy (non-hydrogen) atoms. The Bertz CT molecular complexity index is 589. The summed E-state index contributed by atoms with van der Waals surface area (Å²) in [6.45, 7) is 8.78. The fraction of sp³-hybridized carbons (Fsp3) is 0.438. The number of ether oxygens (including phenoxy) is 1. The molecule has 1 unspecified atom stereocenters. The molecule has 0 aliphatic heterocycles. The summed E-state index contributed by atoms with van der Waals surface area (Å²) in [4.78, 5) is 0. The number of nitrogen functional groups attached to an aromatic ring is 1. The lowest BCUT2D eigenvalue weighted by molar-refractivity contribution is 0.296. The van der Waals surface area contributed by atoms with Crippen LogP contribution in [0.5, 0.6) is 5.75 Å². The van der Waals surface area contributed by atoms with Gasteiger partial charge >= 0.3 is 0 Å². The van der Waals surface area contributed by atoms with Crippen molar-refractivity contribution in [3.8, 4) is 5.75 Å². The predicted octanol–water partition coefficient (Wildman–Crippen LogP) is 3.63. The Balaban J connectivity index is 2.05. The van der Waals surface area contributed by atoms with Gasteiger partial charge in [0, 0.05) is 17.9 Å². The first-order valence-electron chi connectivity index (χ1n) is 7.04. The molecule has 0 saturated heterocycles. The number of aromatic nitrogens is 2. The van der Waals surface area contributed by atoms with Crippen molar-refractivity contribution in [3.05, 3.63) is 41.2 Å². The predicted molar refractivity (Wildman–Crippen MR) is 81.9 cm³/mol. The maximum atomic E-state index is 5.88. The van der Waals surface area contributed by atoms with Crippen LogP contribution in [0.15, 0.2) is 24.4 Å². The van der Waals surface area contributed by atoms with Crippen LogP contribution >= 0.6 is 0 Å². The number of benzene rings is 1. The average Bonchev–Trinajstić information content (AvgIpc) is 2.89. The van der Waals surface area contributed by atoms with Crippen LogP contribution in [0, 0.1) is 13.8 Å². The van der Waals surface area contributed by atoms with Crippen LogP contribution < -0.4 is 10.5 Å². The normalized spacial score (nSPS) is 12.4. The van der Waals surface area contributed by atoms with Gasteiger partial charge in [-0.25, -0.2) is 0 Å². The zero-order valence-corrected chi connectivity index (χ0v) is 12.7. The standard InChI is InChI=1S/C16H23N3O/c1-5-13(4)19-7-6-14(18-19)10-20-16-9-11(2)15(17)8-12(16)3/h6-9,13H,5,10,17H2,1-4H3. The third-order valence-corrected chi connectivity index (χ3v) is 3.65. The van der Waals surface area contributed by atoms with Gasteiger partial charge < -0.3 is 10.5 Å².